The summed E-state index contributed by atoms with van der Waals surface area (Å²) in [5.74, 6) is -0.259. The first-order valence-electron chi connectivity index (χ1n) is 7.21. The molecular weight excluding hydrogens is 334 g/mol. The lowest BCUT2D eigenvalue weighted by Crippen LogP contribution is -2.29. The van der Waals surface area contributed by atoms with Gasteiger partial charge >= 0.3 is 5.97 Å². The highest BCUT2D eigenvalue weighted by atomic mass is 32.2. The van der Waals surface area contributed by atoms with Crippen LogP contribution < -0.4 is 4.74 Å². The topological polar surface area (TPSA) is 66.8 Å². The Labute approximate surface area is 144 Å². The molecule has 1 aliphatic heterocycles. The molecule has 122 valence electrons. The van der Waals surface area contributed by atoms with E-state index < -0.39 is 5.97 Å². The third-order valence-corrected chi connectivity index (χ3v) is 4.51. The lowest BCUT2D eigenvalue weighted by atomic mass is 10.2. The Morgan fingerprint density at radius 2 is 2.09 bits per heavy atom. The van der Waals surface area contributed by atoms with Gasteiger partial charge in [-0.3, -0.25) is 14.5 Å². The Morgan fingerprint density at radius 1 is 1.39 bits per heavy atom. The molecule has 0 radical (unpaired) electrons. The first kappa shape index (κ1) is 17.5. The van der Waals surface area contributed by atoms with Crippen LogP contribution in [-0.4, -0.2) is 39.4 Å². The largest absolute Gasteiger partial charge is 0.494 e. The maximum Gasteiger partial charge on any atom is 0.303 e. The standard InChI is InChI=1S/C16H17NO4S2/c1-2-21-12-7-5-11(6-8-12)10-13-15(20)17(16(22)23-13)9-3-4-14(18)19/h5-8,10H,2-4,9H2,1H3,(H,18,19)/b13-10-. The molecule has 0 atom stereocenters. The van der Waals surface area contributed by atoms with E-state index in [4.69, 9.17) is 22.1 Å². The fraction of sp³-hybridized carbons (Fsp3) is 0.312. The maximum absolute atomic E-state index is 12.3. The smallest absolute Gasteiger partial charge is 0.303 e. The monoisotopic (exact) mass is 351 g/mol. The zero-order valence-electron chi connectivity index (χ0n) is 12.7. The number of hydrogen-bond donors (Lipinski definition) is 1. The number of carbonyl (C=O) groups is 2. The molecular formula is C16H17NO4S2. The van der Waals surface area contributed by atoms with Gasteiger partial charge in [-0.2, -0.15) is 0 Å². The van der Waals surface area contributed by atoms with Gasteiger partial charge in [0.05, 0.1) is 11.5 Å². The molecule has 1 heterocycles. The second-order valence-corrected chi connectivity index (χ2v) is 6.51. The average molecular weight is 351 g/mol. The first-order valence-corrected chi connectivity index (χ1v) is 8.43. The van der Waals surface area contributed by atoms with Gasteiger partial charge in [0.15, 0.2) is 0 Å². The fourth-order valence-electron chi connectivity index (χ4n) is 2.06. The number of benzene rings is 1. The summed E-state index contributed by atoms with van der Waals surface area (Å²) in [6.07, 6.45) is 2.19. The summed E-state index contributed by atoms with van der Waals surface area (Å²) in [5.41, 5.74) is 0.888. The summed E-state index contributed by atoms with van der Waals surface area (Å²) in [6.45, 7) is 2.86. The Balaban J connectivity index is 2.04. The SMILES string of the molecule is CCOc1ccc(/C=C2\SC(=S)N(CCCC(=O)O)C2=O)cc1. The molecule has 0 bridgehead atoms. The zero-order valence-corrected chi connectivity index (χ0v) is 14.3. The number of aliphatic carboxylic acids is 1. The van der Waals surface area contributed by atoms with E-state index in [1.54, 1.807) is 6.08 Å². The molecule has 1 aliphatic rings. The van der Waals surface area contributed by atoms with Crippen LogP contribution in [0.4, 0.5) is 0 Å². The van der Waals surface area contributed by atoms with Gasteiger partial charge in [0, 0.05) is 13.0 Å². The highest BCUT2D eigenvalue weighted by Crippen LogP contribution is 2.32. The Hall–Kier alpha value is -1.86. The van der Waals surface area contributed by atoms with Gasteiger partial charge in [-0.25, -0.2) is 0 Å². The third kappa shape index (κ3) is 4.80. The van der Waals surface area contributed by atoms with E-state index in [0.717, 1.165) is 11.3 Å². The van der Waals surface area contributed by atoms with Gasteiger partial charge in [-0.15, -0.1) is 0 Å². The molecule has 1 aromatic carbocycles. The van der Waals surface area contributed by atoms with Crippen molar-refractivity contribution in [2.75, 3.05) is 13.2 Å². The fourth-order valence-corrected chi connectivity index (χ4v) is 3.37. The lowest BCUT2D eigenvalue weighted by Gasteiger charge is -2.13. The molecule has 0 spiro atoms. The van der Waals surface area contributed by atoms with E-state index in [1.807, 2.05) is 31.2 Å². The summed E-state index contributed by atoms with van der Waals surface area (Å²) in [6, 6.07) is 7.45. The molecule has 7 heteroatoms. The quantitative estimate of drug-likeness (QED) is 0.601. The minimum absolute atomic E-state index is 0.0228. The summed E-state index contributed by atoms with van der Waals surface area (Å²) in [4.78, 5) is 24.9. The van der Waals surface area contributed by atoms with Gasteiger partial charge in [0.1, 0.15) is 10.1 Å². The van der Waals surface area contributed by atoms with Crippen molar-refractivity contribution in [1.82, 2.24) is 4.90 Å². The molecule has 1 N–H and O–H groups in total. The molecule has 0 aromatic heterocycles. The number of carboxylic acid groups (broad SMARTS) is 1. The molecule has 1 aromatic rings. The van der Waals surface area contributed by atoms with E-state index >= 15 is 0 Å². The number of thiocarbonyl (C=S) groups is 1. The van der Waals surface area contributed by atoms with Crippen molar-refractivity contribution >= 4 is 46.3 Å². The van der Waals surface area contributed by atoms with Crippen molar-refractivity contribution in [1.29, 1.82) is 0 Å². The van der Waals surface area contributed by atoms with Crippen LogP contribution >= 0.6 is 24.0 Å². The normalized spacial score (nSPS) is 16.2. The molecule has 0 saturated carbocycles. The zero-order chi connectivity index (χ0) is 16.8. The number of nitrogens with zero attached hydrogens (tertiary/aromatic N) is 1. The van der Waals surface area contributed by atoms with Gasteiger partial charge < -0.3 is 9.84 Å². The molecule has 2 rings (SSSR count). The van der Waals surface area contributed by atoms with E-state index in [9.17, 15) is 9.59 Å². The van der Waals surface area contributed by atoms with Crippen LogP contribution in [0.15, 0.2) is 29.2 Å². The lowest BCUT2D eigenvalue weighted by molar-refractivity contribution is -0.137. The Morgan fingerprint density at radius 3 is 2.70 bits per heavy atom. The van der Waals surface area contributed by atoms with Crippen LogP contribution in [0.2, 0.25) is 0 Å². The number of ether oxygens (including phenoxy) is 1. The summed E-state index contributed by atoms with van der Waals surface area (Å²) in [5, 5.41) is 8.66. The van der Waals surface area contributed by atoms with Crippen molar-refractivity contribution in [3.8, 4) is 5.75 Å². The molecule has 1 saturated heterocycles. The van der Waals surface area contributed by atoms with E-state index in [-0.39, 0.29) is 12.3 Å². The van der Waals surface area contributed by atoms with Crippen LogP contribution in [0.1, 0.15) is 25.3 Å². The molecule has 1 amide bonds. The number of thioether (sulfide) groups is 1. The molecule has 23 heavy (non-hydrogen) atoms. The van der Waals surface area contributed by atoms with Crippen molar-refractivity contribution in [2.24, 2.45) is 0 Å². The van der Waals surface area contributed by atoms with Crippen molar-refractivity contribution in [3.63, 3.8) is 0 Å². The molecule has 0 aliphatic carbocycles. The highest BCUT2D eigenvalue weighted by Gasteiger charge is 2.31. The summed E-state index contributed by atoms with van der Waals surface area (Å²) < 4.78 is 5.85. The van der Waals surface area contributed by atoms with Gasteiger partial charge in [0.25, 0.3) is 5.91 Å². The predicted octanol–water partition coefficient (Wildman–Crippen LogP) is 3.15. The van der Waals surface area contributed by atoms with Gasteiger partial charge in [-0.05, 0) is 37.1 Å². The van der Waals surface area contributed by atoms with Crippen LogP contribution in [0.3, 0.4) is 0 Å². The second kappa shape index (κ2) is 8.12. The number of rotatable bonds is 7. The van der Waals surface area contributed by atoms with Crippen molar-refractivity contribution in [2.45, 2.75) is 19.8 Å². The van der Waals surface area contributed by atoms with E-state index in [0.29, 0.717) is 28.8 Å². The average Bonchev–Trinajstić information content (AvgIpc) is 2.76. The minimum atomic E-state index is -0.875. The van der Waals surface area contributed by atoms with Crippen LogP contribution in [0.25, 0.3) is 6.08 Å². The first-order chi connectivity index (χ1) is 11.0. The van der Waals surface area contributed by atoms with Crippen molar-refractivity contribution in [3.05, 3.63) is 34.7 Å². The van der Waals surface area contributed by atoms with Crippen LogP contribution in [0.5, 0.6) is 5.75 Å². The van der Waals surface area contributed by atoms with Crippen LogP contribution in [0, 0.1) is 0 Å². The summed E-state index contributed by atoms with van der Waals surface area (Å²) in [7, 11) is 0. The summed E-state index contributed by atoms with van der Waals surface area (Å²) >= 11 is 6.45. The van der Waals surface area contributed by atoms with E-state index in [1.165, 1.54) is 16.7 Å². The van der Waals surface area contributed by atoms with Crippen molar-refractivity contribution < 1.29 is 19.4 Å². The minimum Gasteiger partial charge on any atom is -0.494 e. The number of carbonyl (C=O) groups excluding carboxylic acids is 1. The molecule has 0 unspecified atom stereocenters. The highest BCUT2D eigenvalue weighted by molar-refractivity contribution is 8.26. The molecule has 1 fully saturated rings. The predicted molar refractivity (Wildman–Crippen MR) is 94.4 cm³/mol. The van der Waals surface area contributed by atoms with Gasteiger partial charge in [-0.1, -0.05) is 36.1 Å². The maximum atomic E-state index is 12.3. The second-order valence-electron chi connectivity index (χ2n) is 4.83. The van der Waals surface area contributed by atoms with Crippen LogP contribution in [-0.2, 0) is 9.59 Å². The molecule has 5 nitrogen and oxygen atoms in total. The number of carboxylic acids is 1. The van der Waals surface area contributed by atoms with E-state index in [2.05, 4.69) is 0 Å². The third-order valence-electron chi connectivity index (χ3n) is 3.13. The number of hydrogen-bond acceptors (Lipinski definition) is 5. The Bertz CT molecular complexity index is 640. The number of amides is 1. The van der Waals surface area contributed by atoms with Gasteiger partial charge in [0.2, 0.25) is 0 Å². The Kier molecular flexibility index (Phi) is 6.18.